The van der Waals surface area contributed by atoms with Crippen molar-refractivity contribution in [3.63, 3.8) is 0 Å². The first-order chi connectivity index (χ1) is 13.3. The number of benzene rings is 2. The standard InChI is InChI=1S/C20H12AsF3N4/c21-19-16(10-26)17(11-1-5-13(6-2-11)20(22,23)24)15(9-25)18(28-19)12-3-7-14(27)8-4-12/h1-8H,21,27H2. The van der Waals surface area contributed by atoms with E-state index in [1.165, 1.54) is 12.1 Å². The number of anilines is 1. The number of rotatable bonds is 2. The number of hydrogen-bond donors (Lipinski definition) is 1. The summed E-state index contributed by atoms with van der Waals surface area (Å²) in [5.41, 5.74) is 7.35. The third-order valence-electron chi connectivity index (χ3n) is 4.13. The zero-order chi connectivity index (χ0) is 20.5. The van der Waals surface area contributed by atoms with E-state index in [0.717, 1.165) is 29.0 Å². The molecule has 3 rings (SSSR count). The third kappa shape index (κ3) is 3.58. The Balaban J connectivity index is 2.29. The van der Waals surface area contributed by atoms with Crippen LogP contribution in [0, 0.1) is 22.7 Å². The fourth-order valence-corrected chi connectivity index (χ4v) is 3.50. The first-order valence-electron chi connectivity index (χ1n) is 7.93. The third-order valence-corrected chi connectivity index (χ3v) is 5.01. The molecule has 0 amide bonds. The molecule has 0 saturated heterocycles. The van der Waals surface area contributed by atoms with Crippen molar-refractivity contribution >= 4 is 27.0 Å². The van der Waals surface area contributed by atoms with Crippen LogP contribution < -0.4 is 10.2 Å². The molecule has 0 fully saturated rings. The molecule has 0 aliphatic carbocycles. The number of nitriles is 2. The Morgan fingerprint density at radius 1 is 0.857 bits per heavy atom. The Bertz CT molecular complexity index is 1120. The molecule has 0 aliphatic heterocycles. The molecule has 4 nitrogen and oxygen atoms in total. The predicted octanol–water partition coefficient (Wildman–Crippen LogP) is 3.02. The van der Waals surface area contributed by atoms with Crippen LogP contribution >= 0.6 is 0 Å². The van der Waals surface area contributed by atoms with Crippen molar-refractivity contribution in [3.05, 3.63) is 65.2 Å². The minimum atomic E-state index is -4.47. The first-order valence-corrected chi connectivity index (χ1v) is 9.14. The summed E-state index contributed by atoms with van der Waals surface area (Å²) in [5, 5.41) is 19.3. The van der Waals surface area contributed by atoms with Crippen LogP contribution in [0.3, 0.4) is 0 Å². The van der Waals surface area contributed by atoms with Crippen molar-refractivity contribution in [3.8, 4) is 34.5 Å². The van der Waals surface area contributed by atoms with Gasteiger partial charge >= 0.3 is 167 Å². The van der Waals surface area contributed by atoms with Crippen LogP contribution in [0.25, 0.3) is 22.4 Å². The fourth-order valence-electron chi connectivity index (χ4n) is 2.79. The molecule has 1 unspecified atom stereocenters. The van der Waals surface area contributed by atoms with Gasteiger partial charge in [0, 0.05) is 0 Å². The molecular formula is C20H12AsF3N4. The van der Waals surface area contributed by atoms with Gasteiger partial charge in [0.15, 0.2) is 0 Å². The molecule has 0 saturated carbocycles. The van der Waals surface area contributed by atoms with Crippen molar-refractivity contribution in [2.24, 2.45) is 0 Å². The van der Waals surface area contributed by atoms with Gasteiger partial charge in [-0.15, -0.1) is 0 Å². The Morgan fingerprint density at radius 2 is 1.39 bits per heavy atom. The average Bonchev–Trinajstić information content (AvgIpc) is 2.67. The van der Waals surface area contributed by atoms with Crippen LogP contribution in [0.5, 0.6) is 0 Å². The summed E-state index contributed by atoms with van der Waals surface area (Å²) in [5.74, 6) is 0. The fraction of sp³-hybridized carbons (Fsp3) is 0.0500. The molecule has 0 spiro atoms. The Morgan fingerprint density at radius 3 is 1.89 bits per heavy atom. The Labute approximate surface area is 167 Å². The molecule has 0 radical (unpaired) electrons. The van der Waals surface area contributed by atoms with Crippen LogP contribution in [0.4, 0.5) is 18.9 Å². The van der Waals surface area contributed by atoms with Crippen molar-refractivity contribution < 1.29 is 13.2 Å². The molecule has 1 aromatic heterocycles. The second-order valence-electron chi connectivity index (χ2n) is 5.89. The number of nitrogens with zero attached hydrogens (tertiary/aromatic N) is 3. The van der Waals surface area contributed by atoms with Crippen molar-refractivity contribution in [1.29, 1.82) is 10.5 Å². The second kappa shape index (κ2) is 7.38. The number of halogens is 3. The van der Waals surface area contributed by atoms with Gasteiger partial charge in [-0.3, -0.25) is 0 Å². The van der Waals surface area contributed by atoms with Gasteiger partial charge in [-0.2, -0.15) is 0 Å². The van der Waals surface area contributed by atoms with Gasteiger partial charge < -0.3 is 0 Å². The number of nitrogens with two attached hydrogens (primary N) is 1. The molecule has 28 heavy (non-hydrogen) atoms. The van der Waals surface area contributed by atoms with Gasteiger partial charge in [-0.1, -0.05) is 0 Å². The van der Waals surface area contributed by atoms with E-state index in [4.69, 9.17) is 5.73 Å². The van der Waals surface area contributed by atoms with E-state index >= 15 is 0 Å². The number of nitrogen functional groups attached to an aromatic ring is 1. The number of pyridine rings is 1. The second-order valence-corrected chi connectivity index (χ2v) is 7.04. The summed E-state index contributed by atoms with van der Waals surface area (Å²) in [6.07, 6.45) is -4.47. The molecule has 8 heteroatoms. The minimum absolute atomic E-state index is 0.127. The monoisotopic (exact) mass is 440 g/mol. The molecule has 1 atom stereocenters. The van der Waals surface area contributed by atoms with E-state index in [0.29, 0.717) is 27.0 Å². The summed E-state index contributed by atoms with van der Waals surface area (Å²) in [6, 6.07) is 15.2. The molecule has 2 N–H and O–H groups in total. The zero-order valence-electron chi connectivity index (χ0n) is 14.2. The van der Waals surface area contributed by atoms with Gasteiger partial charge in [0.2, 0.25) is 0 Å². The van der Waals surface area contributed by atoms with Crippen LogP contribution in [0.1, 0.15) is 16.7 Å². The van der Waals surface area contributed by atoms with Crippen molar-refractivity contribution in [1.82, 2.24) is 4.98 Å². The van der Waals surface area contributed by atoms with E-state index in [9.17, 15) is 23.7 Å². The Kier molecular flexibility index (Phi) is 5.14. The average molecular weight is 440 g/mol. The molecular weight excluding hydrogens is 428 g/mol. The van der Waals surface area contributed by atoms with Gasteiger partial charge in [0.1, 0.15) is 0 Å². The summed E-state index contributed by atoms with van der Waals surface area (Å²) >= 11 is 1.08. The number of alkyl halides is 3. The van der Waals surface area contributed by atoms with E-state index < -0.39 is 11.7 Å². The Hall–Kier alpha value is -3.28. The number of aromatic nitrogens is 1. The molecule has 0 aliphatic rings. The van der Waals surface area contributed by atoms with Crippen molar-refractivity contribution in [2.45, 2.75) is 6.18 Å². The SMILES string of the molecule is N#Cc1c([AsH2])nc(-c2ccc(N)cc2)c(C#N)c1-c1ccc(C(F)(F)F)cc1. The molecule has 0 bridgehead atoms. The van der Waals surface area contributed by atoms with Gasteiger partial charge in [0.05, 0.1) is 0 Å². The molecule has 138 valence electrons. The maximum absolute atomic E-state index is 12.9. The maximum atomic E-state index is 12.9. The zero-order valence-corrected chi connectivity index (χ0v) is 16.7. The first kappa shape index (κ1) is 19.5. The van der Waals surface area contributed by atoms with E-state index in [1.54, 1.807) is 24.3 Å². The molecule has 1 heterocycles. The van der Waals surface area contributed by atoms with Crippen LogP contribution in [0.15, 0.2) is 48.5 Å². The summed E-state index contributed by atoms with van der Waals surface area (Å²) < 4.78 is 39.1. The van der Waals surface area contributed by atoms with Crippen LogP contribution in [0.2, 0.25) is 0 Å². The molecule has 3 aromatic rings. The summed E-state index contributed by atoms with van der Waals surface area (Å²) in [7, 11) is 0. The predicted molar refractivity (Wildman–Crippen MR) is 102 cm³/mol. The van der Waals surface area contributed by atoms with Gasteiger partial charge in [-0.25, -0.2) is 0 Å². The normalized spacial score (nSPS) is 10.9. The van der Waals surface area contributed by atoms with Crippen LogP contribution in [-0.4, -0.2) is 21.8 Å². The molecule has 2 aromatic carbocycles. The van der Waals surface area contributed by atoms with Gasteiger partial charge in [0.25, 0.3) is 0 Å². The van der Waals surface area contributed by atoms with E-state index in [1.807, 2.05) is 6.07 Å². The quantitative estimate of drug-likeness (QED) is 0.491. The summed E-state index contributed by atoms with van der Waals surface area (Å²) in [4.78, 5) is 4.42. The van der Waals surface area contributed by atoms with E-state index in [2.05, 4.69) is 11.1 Å². The van der Waals surface area contributed by atoms with E-state index in [-0.39, 0.29) is 16.7 Å². The van der Waals surface area contributed by atoms with Crippen LogP contribution in [-0.2, 0) is 6.18 Å². The van der Waals surface area contributed by atoms with Crippen molar-refractivity contribution in [2.75, 3.05) is 5.73 Å². The summed E-state index contributed by atoms with van der Waals surface area (Å²) in [6.45, 7) is 0. The topological polar surface area (TPSA) is 86.5 Å². The van der Waals surface area contributed by atoms with Gasteiger partial charge in [-0.05, 0) is 0 Å². The number of hydrogen-bond acceptors (Lipinski definition) is 4.